The Labute approximate surface area is 221 Å². The highest BCUT2D eigenvalue weighted by Gasteiger charge is 2.36. The Kier molecular flexibility index (Phi) is 8.01. The molecule has 2 aliphatic heterocycles. The van der Waals surface area contributed by atoms with Crippen molar-refractivity contribution >= 4 is 29.1 Å². The van der Waals surface area contributed by atoms with E-state index in [9.17, 15) is 18.0 Å². The summed E-state index contributed by atoms with van der Waals surface area (Å²) in [6.45, 7) is 3.11. The Bertz CT molecular complexity index is 1180. The Morgan fingerprint density at radius 1 is 1.03 bits per heavy atom. The summed E-state index contributed by atoms with van der Waals surface area (Å²) in [7, 11) is 0. The van der Waals surface area contributed by atoms with Crippen molar-refractivity contribution in [2.45, 2.75) is 35.1 Å². The van der Waals surface area contributed by atoms with E-state index in [4.69, 9.17) is 9.72 Å². The van der Waals surface area contributed by atoms with E-state index in [1.54, 1.807) is 52.5 Å². The molecule has 1 aromatic carbocycles. The van der Waals surface area contributed by atoms with Crippen LogP contribution in [0.1, 0.15) is 40.1 Å². The predicted molar refractivity (Wildman–Crippen MR) is 137 cm³/mol. The zero-order valence-corrected chi connectivity index (χ0v) is 21.7. The average molecular weight is 549 g/mol. The highest BCUT2D eigenvalue weighted by Crippen LogP contribution is 2.39. The molecule has 4 heterocycles. The average Bonchev–Trinajstić information content (AvgIpc) is 3.41. The summed E-state index contributed by atoms with van der Waals surface area (Å²) in [5, 5.41) is 3.01. The van der Waals surface area contributed by atoms with Crippen molar-refractivity contribution in [1.29, 1.82) is 0 Å². The summed E-state index contributed by atoms with van der Waals surface area (Å²) in [5.41, 5.74) is 1.12. The number of piperidine rings is 1. The number of pyridine rings is 1. The number of carbonyl (C=O) groups excluding carboxylic acids is 1. The fourth-order valence-electron chi connectivity index (χ4n) is 4.74. The minimum Gasteiger partial charge on any atom is -0.378 e. The van der Waals surface area contributed by atoms with Crippen LogP contribution in [0.2, 0.25) is 0 Å². The highest BCUT2D eigenvalue weighted by molar-refractivity contribution is 7.98. The van der Waals surface area contributed by atoms with Crippen molar-refractivity contribution in [1.82, 2.24) is 19.8 Å². The van der Waals surface area contributed by atoms with E-state index in [1.165, 1.54) is 0 Å². The van der Waals surface area contributed by atoms with Gasteiger partial charge in [0.05, 0.1) is 29.5 Å². The molecule has 0 radical (unpaired) electrons. The van der Waals surface area contributed by atoms with Gasteiger partial charge in [-0.25, -0.2) is 9.78 Å². The number of thioether (sulfide) groups is 1. The van der Waals surface area contributed by atoms with E-state index in [-0.39, 0.29) is 17.9 Å². The molecule has 2 fully saturated rings. The van der Waals surface area contributed by atoms with Crippen LogP contribution in [-0.4, -0.2) is 65.2 Å². The van der Waals surface area contributed by atoms with Gasteiger partial charge in [-0.15, -0.1) is 23.1 Å². The second-order valence-electron chi connectivity index (χ2n) is 9.18. The third-order valence-electron chi connectivity index (χ3n) is 6.67. The standard InChI is InChI=1S/C26H27F3N4O2S2/c27-26(28,29)21-3-1-18(2-4-21)19-13-20(15-33(14-19)25(34)32-9-11-35-12-10-32)24-31-22(17-37-24)16-36-23-5-7-30-8-6-23/h1-8,17,19-20H,9-16H2. The van der Waals surface area contributed by atoms with E-state index in [0.717, 1.165) is 45.5 Å². The zero-order valence-electron chi connectivity index (χ0n) is 20.1. The topological polar surface area (TPSA) is 58.6 Å². The fourth-order valence-corrected chi connectivity index (χ4v) is 6.55. The van der Waals surface area contributed by atoms with Crippen molar-refractivity contribution in [3.05, 3.63) is 76.0 Å². The molecule has 0 saturated carbocycles. The van der Waals surface area contributed by atoms with E-state index >= 15 is 0 Å². The van der Waals surface area contributed by atoms with Crippen molar-refractivity contribution < 1.29 is 22.7 Å². The number of nitrogens with zero attached hydrogens (tertiary/aromatic N) is 4. The molecule has 2 atom stereocenters. The summed E-state index contributed by atoms with van der Waals surface area (Å²) < 4.78 is 44.7. The number of aromatic nitrogens is 2. The van der Waals surface area contributed by atoms with Gasteiger partial charge in [0, 0.05) is 66.4 Å². The van der Waals surface area contributed by atoms with Crippen LogP contribution in [0, 0.1) is 0 Å². The highest BCUT2D eigenvalue weighted by atomic mass is 32.2. The first-order chi connectivity index (χ1) is 17.9. The summed E-state index contributed by atoms with van der Waals surface area (Å²) in [6, 6.07) is 9.23. The lowest BCUT2D eigenvalue weighted by Crippen LogP contribution is -2.52. The summed E-state index contributed by atoms with van der Waals surface area (Å²) in [6.07, 6.45) is -0.128. The first-order valence-corrected chi connectivity index (χ1v) is 14.0. The van der Waals surface area contributed by atoms with Crippen LogP contribution in [-0.2, 0) is 16.7 Å². The Morgan fingerprint density at radius 2 is 1.73 bits per heavy atom. The third kappa shape index (κ3) is 6.45. The predicted octanol–water partition coefficient (Wildman–Crippen LogP) is 5.87. The molecule has 6 nitrogen and oxygen atoms in total. The number of hydrogen-bond acceptors (Lipinski definition) is 6. The maximum absolute atomic E-state index is 13.4. The van der Waals surface area contributed by atoms with Gasteiger partial charge in [-0.3, -0.25) is 4.98 Å². The number of ether oxygens (including phenoxy) is 1. The normalized spacial score (nSPS) is 20.7. The molecule has 0 spiro atoms. The van der Waals surface area contributed by atoms with Crippen LogP contribution >= 0.6 is 23.1 Å². The van der Waals surface area contributed by atoms with Crippen LogP contribution in [0.15, 0.2) is 59.1 Å². The van der Waals surface area contributed by atoms with E-state index in [2.05, 4.69) is 10.4 Å². The fraction of sp³-hybridized carbons (Fsp3) is 0.423. The zero-order chi connectivity index (χ0) is 25.8. The van der Waals surface area contributed by atoms with E-state index in [0.29, 0.717) is 39.4 Å². The van der Waals surface area contributed by atoms with Crippen LogP contribution in [0.3, 0.4) is 0 Å². The number of alkyl halides is 3. The number of amides is 2. The second-order valence-corrected chi connectivity index (χ2v) is 11.1. The SMILES string of the molecule is O=C(N1CCOCC1)N1CC(c2ccc(C(F)(F)F)cc2)CC(c2nc(CSc3ccncc3)cs2)C1. The first-order valence-electron chi connectivity index (χ1n) is 12.1. The largest absolute Gasteiger partial charge is 0.416 e. The molecule has 5 rings (SSSR count). The van der Waals surface area contributed by atoms with Crippen molar-refractivity contribution in [3.8, 4) is 0 Å². The molecule has 2 unspecified atom stereocenters. The van der Waals surface area contributed by atoms with Gasteiger partial charge in [0.2, 0.25) is 0 Å². The summed E-state index contributed by atoms with van der Waals surface area (Å²) in [5.74, 6) is 0.659. The van der Waals surface area contributed by atoms with Gasteiger partial charge in [-0.1, -0.05) is 12.1 Å². The quantitative estimate of drug-likeness (QED) is 0.373. The number of morpholine rings is 1. The molecule has 11 heteroatoms. The molecule has 2 amide bonds. The molecule has 0 bridgehead atoms. The number of halogens is 3. The number of benzene rings is 1. The number of urea groups is 1. The Balaban J connectivity index is 1.34. The van der Waals surface area contributed by atoms with Gasteiger partial charge in [0.25, 0.3) is 0 Å². The maximum atomic E-state index is 13.4. The molecule has 196 valence electrons. The number of thiazole rings is 1. The Morgan fingerprint density at radius 3 is 2.43 bits per heavy atom. The van der Waals surface area contributed by atoms with Crippen LogP contribution in [0.5, 0.6) is 0 Å². The number of hydrogen-bond donors (Lipinski definition) is 0. The van der Waals surface area contributed by atoms with E-state index in [1.807, 2.05) is 17.0 Å². The van der Waals surface area contributed by atoms with Gasteiger partial charge in [0.15, 0.2) is 0 Å². The second kappa shape index (κ2) is 11.4. The molecule has 2 aliphatic rings. The molecule has 3 aromatic rings. The van der Waals surface area contributed by atoms with Crippen molar-refractivity contribution in [2.24, 2.45) is 0 Å². The smallest absolute Gasteiger partial charge is 0.378 e. The lowest BCUT2D eigenvalue weighted by Gasteiger charge is -2.40. The van der Waals surface area contributed by atoms with Crippen LogP contribution in [0.25, 0.3) is 0 Å². The molecule has 2 aromatic heterocycles. The van der Waals surface area contributed by atoms with E-state index < -0.39 is 11.7 Å². The first kappa shape index (κ1) is 26.0. The van der Waals surface area contributed by atoms with Gasteiger partial charge in [-0.05, 0) is 36.2 Å². The minimum absolute atomic E-state index is 0.00992. The summed E-state index contributed by atoms with van der Waals surface area (Å²) >= 11 is 3.27. The van der Waals surface area contributed by atoms with Crippen molar-refractivity contribution in [3.63, 3.8) is 0 Å². The van der Waals surface area contributed by atoms with Crippen LogP contribution < -0.4 is 0 Å². The number of rotatable bonds is 5. The molecular weight excluding hydrogens is 521 g/mol. The lowest BCUT2D eigenvalue weighted by atomic mass is 9.84. The molecule has 0 N–H and O–H groups in total. The van der Waals surface area contributed by atoms with Gasteiger partial charge >= 0.3 is 12.2 Å². The monoisotopic (exact) mass is 548 g/mol. The van der Waals surface area contributed by atoms with Gasteiger partial charge in [-0.2, -0.15) is 13.2 Å². The number of carbonyl (C=O) groups is 1. The van der Waals surface area contributed by atoms with Gasteiger partial charge < -0.3 is 14.5 Å². The minimum atomic E-state index is -4.38. The lowest BCUT2D eigenvalue weighted by molar-refractivity contribution is -0.137. The number of likely N-dealkylation sites (tertiary alicyclic amines) is 1. The third-order valence-corrected chi connectivity index (χ3v) is 8.77. The summed E-state index contributed by atoms with van der Waals surface area (Å²) in [4.78, 5) is 27.1. The Hall–Kier alpha value is -2.63. The van der Waals surface area contributed by atoms with Crippen molar-refractivity contribution in [2.75, 3.05) is 39.4 Å². The van der Waals surface area contributed by atoms with Gasteiger partial charge in [0.1, 0.15) is 0 Å². The molecule has 2 saturated heterocycles. The maximum Gasteiger partial charge on any atom is 0.416 e. The molecule has 37 heavy (non-hydrogen) atoms. The van der Waals surface area contributed by atoms with Crippen LogP contribution in [0.4, 0.5) is 18.0 Å². The molecular formula is C26H27F3N4O2S2. The molecule has 0 aliphatic carbocycles.